The third-order valence-corrected chi connectivity index (χ3v) is 3.42. The molecule has 100 valence electrons. The molecule has 1 heterocycles. The van der Waals surface area contributed by atoms with Gasteiger partial charge in [-0.3, -0.25) is 0 Å². The molecule has 1 fully saturated rings. The van der Waals surface area contributed by atoms with Crippen LogP contribution in [-0.2, 0) is 15.3 Å². The first-order valence-corrected chi connectivity index (χ1v) is 6.65. The second kappa shape index (κ2) is 5.29. The molecule has 18 heavy (non-hydrogen) atoms. The molecule has 0 amide bonds. The number of benzene rings is 1. The van der Waals surface area contributed by atoms with E-state index in [1.54, 1.807) is 0 Å². The molecular weight excluding hydrogens is 228 g/mol. The van der Waals surface area contributed by atoms with Crippen molar-refractivity contribution in [3.63, 3.8) is 0 Å². The largest absolute Gasteiger partial charge is 0.494 e. The summed E-state index contributed by atoms with van der Waals surface area (Å²) in [6, 6.07) is 4.13. The first-order chi connectivity index (χ1) is 8.63. The number of hydrogen-bond acceptors (Lipinski definition) is 3. The van der Waals surface area contributed by atoms with Gasteiger partial charge in [-0.15, -0.1) is 0 Å². The first-order valence-electron chi connectivity index (χ1n) is 6.65. The van der Waals surface area contributed by atoms with Gasteiger partial charge in [0.15, 0.2) is 5.79 Å². The van der Waals surface area contributed by atoms with Gasteiger partial charge in [-0.2, -0.15) is 0 Å². The average Bonchev–Trinajstić information content (AvgIpc) is 2.78. The molecule has 0 aliphatic carbocycles. The molecule has 2 rings (SSSR count). The zero-order valence-corrected chi connectivity index (χ0v) is 11.7. The van der Waals surface area contributed by atoms with Crippen molar-refractivity contribution in [2.45, 2.75) is 39.9 Å². The van der Waals surface area contributed by atoms with Crippen molar-refractivity contribution >= 4 is 0 Å². The summed E-state index contributed by atoms with van der Waals surface area (Å²) in [4.78, 5) is 0. The van der Waals surface area contributed by atoms with Crippen molar-refractivity contribution in [1.82, 2.24) is 0 Å². The molecule has 0 bridgehead atoms. The number of ether oxygens (including phenoxy) is 3. The Hall–Kier alpha value is -1.06. The molecule has 0 unspecified atom stereocenters. The Morgan fingerprint density at radius 1 is 1.11 bits per heavy atom. The van der Waals surface area contributed by atoms with E-state index in [-0.39, 0.29) is 0 Å². The molecule has 0 radical (unpaired) electrons. The minimum absolute atomic E-state index is 0.557. The Labute approximate surface area is 109 Å². The van der Waals surface area contributed by atoms with E-state index in [1.165, 1.54) is 11.1 Å². The predicted molar refractivity (Wildman–Crippen MR) is 71.0 cm³/mol. The maximum absolute atomic E-state index is 5.87. The minimum Gasteiger partial charge on any atom is -0.494 e. The van der Waals surface area contributed by atoms with Gasteiger partial charge in [0.2, 0.25) is 0 Å². The second-order valence-corrected chi connectivity index (χ2v) is 4.67. The summed E-state index contributed by atoms with van der Waals surface area (Å²) in [5.41, 5.74) is 3.50. The SMILES string of the molecule is CCOc1cc(C)c(C2(CC)OCCO2)c(C)c1. The Morgan fingerprint density at radius 3 is 2.11 bits per heavy atom. The van der Waals surface area contributed by atoms with Crippen molar-refractivity contribution in [2.75, 3.05) is 19.8 Å². The Kier molecular flexibility index (Phi) is 3.93. The Balaban J connectivity index is 2.44. The van der Waals surface area contributed by atoms with Crippen LogP contribution in [0.15, 0.2) is 12.1 Å². The second-order valence-electron chi connectivity index (χ2n) is 4.67. The number of hydrogen-bond donors (Lipinski definition) is 0. The highest BCUT2D eigenvalue weighted by Crippen LogP contribution is 2.39. The van der Waals surface area contributed by atoms with Crippen molar-refractivity contribution in [2.24, 2.45) is 0 Å². The Morgan fingerprint density at radius 2 is 1.67 bits per heavy atom. The van der Waals surface area contributed by atoms with E-state index in [9.17, 15) is 0 Å². The highest BCUT2D eigenvalue weighted by Gasteiger charge is 2.39. The zero-order chi connectivity index (χ0) is 13.2. The van der Waals surface area contributed by atoms with Gasteiger partial charge >= 0.3 is 0 Å². The topological polar surface area (TPSA) is 27.7 Å². The minimum atomic E-state index is -0.557. The number of rotatable bonds is 4. The smallest absolute Gasteiger partial charge is 0.195 e. The van der Waals surface area contributed by atoms with Crippen LogP contribution < -0.4 is 4.74 Å². The van der Waals surface area contributed by atoms with E-state index in [4.69, 9.17) is 14.2 Å². The van der Waals surface area contributed by atoms with Crippen molar-refractivity contribution in [3.8, 4) is 5.75 Å². The maximum atomic E-state index is 5.87. The molecule has 0 spiro atoms. The fourth-order valence-corrected chi connectivity index (χ4v) is 2.75. The molecule has 0 saturated carbocycles. The van der Waals surface area contributed by atoms with E-state index in [0.29, 0.717) is 19.8 Å². The van der Waals surface area contributed by atoms with Crippen LogP contribution in [0.3, 0.4) is 0 Å². The van der Waals surface area contributed by atoms with Gasteiger partial charge in [-0.1, -0.05) is 6.92 Å². The predicted octanol–water partition coefficient (Wildman–Crippen LogP) is 3.31. The van der Waals surface area contributed by atoms with Crippen LogP contribution in [0.5, 0.6) is 5.75 Å². The van der Waals surface area contributed by atoms with E-state index < -0.39 is 5.79 Å². The van der Waals surface area contributed by atoms with Gasteiger partial charge in [0, 0.05) is 12.0 Å². The van der Waals surface area contributed by atoms with Crippen molar-refractivity contribution < 1.29 is 14.2 Å². The lowest BCUT2D eigenvalue weighted by atomic mass is 9.93. The summed E-state index contributed by atoms with van der Waals surface area (Å²) in [5, 5.41) is 0. The summed E-state index contributed by atoms with van der Waals surface area (Å²) in [6.07, 6.45) is 0.822. The van der Waals surface area contributed by atoms with Gasteiger partial charge in [-0.05, 0) is 44.0 Å². The van der Waals surface area contributed by atoms with Gasteiger partial charge in [0.05, 0.1) is 19.8 Å². The third kappa shape index (κ3) is 2.25. The summed E-state index contributed by atoms with van der Waals surface area (Å²) in [7, 11) is 0. The van der Waals surface area contributed by atoms with Gasteiger partial charge in [0.25, 0.3) is 0 Å². The summed E-state index contributed by atoms with van der Waals surface area (Å²) >= 11 is 0. The molecule has 3 nitrogen and oxygen atoms in total. The van der Waals surface area contributed by atoms with Gasteiger partial charge in [0.1, 0.15) is 5.75 Å². The lowest BCUT2D eigenvalue weighted by Gasteiger charge is -2.30. The fraction of sp³-hybridized carbons (Fsp3) is 0.600. The summed E-state index contributed by atoms with van der Waals surface area (Å²) in [5.74, 6) is 0.360. The molecule has 1 aromatic rings. The highest BCUT2D eigenvalue weighted by atomic mass is 16.7. The summed E-state index contributed by atoms with van der Waals surface area (Å²) < 4.78 is 17.3. The molecule has 3 heteroatoms. The molecule has 0 aromatic heterocycles. The van der Waals surface area contributed by atoms with E-state index >= 15 is 0 Å². The highest BCUT2D eigenvalue weighted by molar-refractivity contribution is 5.43. The van der Waals surface area contributed by atoms with E-state index in [0.717, 1.165) is 17.7 Å². The van der Waals surface area contributed by atoms with Crippen LogP contribution in [-0.4, -0.2) is 19.8 Å². The third-order valence-electron chi connectivity index (χ3n) is 3.42. The van der Waals surface area contributed by atoms with Gasteiger partial charge in [-0.25, -0.2) is 0 Å². The molecule has 0 atom stereocenters. The molecule has 1 aliphatic rings. The van der Waals surface area contributed by atoms with Crippen LogP contribution in [0.25, 0.3) is 0 Å². The Bertz CT molecular complexity index is 397. The molecule has 1 aromatic carbocycles. The average molecular weight is 250 g/mol. The zero-order valence-electron chi connectivity index (χ0n) is 11.7. The molecule has 1 saturated heterocycles. The van der Waals surface area contributed by atoms with Crippen LogP contribution in [0.4, 0.5) is 0 Å². The molecule has 1 aliphatic heterocycles. The van der Waals surface area contributed by atoms with E-state index in [1.807, 2.05) is 6.92 Å². The normalized spacial score (nSPS) is 18.0. The van der Waals surface area contributed by atoms with Crippen LogP contribution >= 0.6 is 0 Å². The first kappa shape index (κ1) is 13.4. The maximum Gasteiger partial charge on any atom is 0.195 e. The van der Waals surface area contributed by atoms with E-state index in [2.05, 4.69) is 32.9 Å². The lowest BCUT2D eigenvalue weighted by molar-refractivity contribution is -0.168. The van der Waals surface area contributed by atoms with Crippen LogP contribution in [0.1, 0.15) is 37.0 Å². The van der Waals surface area contributed by atoms with Gasteiger partial charge < -0.3 is 14.2 Å². The number of aryl methyl sites for hydroxylation is 2. The molecule has 0 N–H and O–H groups in total. The monoisotopic (exact) mass is 250 g/mol. The van der Waals surface area contributed by atoms with Crippen molar-refractivity contribution in [3.05, 3.63) is 28.8 Å². The lowest BCUT2D eigenvalue weighted by Crippen LogP contribution is -2.28. The van der Waals surface area contributed by atoms with Crippen LogP contribution in [0, 0.1) is 13.8 Å². The summed E-state index contributed by atoms with van der Waals surface area (Å²) in [6.45, 7) is 10.3. The standard InChI is InChI=1S/C15H22O3/c1-5-15(17-7-8-18-15)14-11(3)9-13(16-6-2)10-12(14)4/h9-10H,5-8H2,1-4H3. The van der Waals surface area contributed by atoms with Crippen LogP contribution in [0.2, 0.25) is 0 Å². The molecular formula is C15H22O3. The van der Waals surface area contributed by atoms with Crippen molar-refractivity contribution in [1.29, 1.82) is 0 Å². The fourth-order valence-electron chi connectivity index (χ4n) is 2.75. The quantitative estimate of drug-likeness (QED) is 0.820.